The summed E-state index contributed by atoms with van der Waals surface area (Å²) < 4.78 is 4.66. The molecule has 1 aromatic rings. The Kier molecular flexibility index (Phi) is 1.17. The number of hydrazine groups is 1. The van der Waals surface area contributed by atoms with Crippen LogP contribution in [0.25, 0.3) is 0 Å². The Labute approximate surface area is 46.6 Å². The van der Waals surface area contributed by atoms with Crippen LogP contribution < -0.4 is 11.3 Å². The third-order valence-electron chi connectivity index (χ3n) is 0.776. The van der Waals surface area contributed by atoms with Gasteiger partial charge in [0.15, 0.2) is 5.82 Å². The van der Waals surface area contributed by atoms with Gasteiger partial charge in [0.25, 0.3) is 0 Å². The van der Waals surface area contributed by atoms with E-state index in [1.807, 2.05) is 0 Å². The number of nitrogens with one attached hydrogen (secondary N) is 1. The summed E-state index contributed by atoms with van der Waals surface area (Å²) in [6.07, 6.45) is 0. The number of aromatic nitrogens is 1. The van der Waals surface area contributed by atoms with Gasteiger partial charge in [-0.25, -0.2) is 5.84 Å². The Bertz CT molecular complexity index is 172. The summed E-state index contributed by atoms with van der Waals surface area (Å²) in [5.41, 5.74) is 2.34. The highest BCUT2D eigenvalue weighted by Gasteiger charge is 1.93. The molecular weight excluding hydrogens is 106 g/mol. The van der Waals surface area contributed by atoms with Gasteiger partial charge in [-0.3, -0.25) is 0 Å². The summed E-state index contributed by atoms with van der Waals surface area (Å²) in [4.78, 5) is 0. The van der Waals surface area contributed by atoms with Crippen LogP contribution in [-0.4, -0.2) is 5.16 Å². The molecule has 0 aliphatic rings. The van der Waals surface area contributed by atoms with E-state index in [2.05, 4.69) is 15.1 Å². The number of anilines is 1. The zero-order valence-corrected chi connectivity index (χ0v) is 4.51. The summed E-state index contributed by atoms with van der Waals surface area (Å²) in [6, 6.07) is 1.71. The monoisotopic (exact) mass is 113 g/mol. The minimum atomic E-state index is 0.558. The van der Waals surface area contributed by atoms with Gasteiger partial charge in [-0.15, -0.1) is 0 Å². The predicted molar refractivity (Wildman–Crippen MR) is 29.1 cm³/mol. The van der Waals surface area contributed by atoms with Crippen molar-refractivity contribution in [3.05, 3.63) is 11.8 Å². The molecule has 0 amide bonds. The van der Waals surface area contributed by atoms with Gasteiger partial charge in [-0.1, -0.05) is 5.16 Å². The van der Waals surface area contributed by atoms with E-state index in [9.17, 15) is 0 Å². The van der Waals surface area contributed by atoms with Gasteiger partial charge in [-0.2, -0.15) is 0 Å². The fourth-order valence-electron chi connectivity index (χ4n) is 0.434. The van der Waals surface area contributed by atoms with Crippen LogP contribution in [0.2, 0.25) is 0 Å². The summed E-state index contributed by atoms with van der Waals surface area (Å²) in [7, 11) is 0. The van der Waals surface area contributed by atoms with E-state index in [1.54, 1.807) is 13.0 Å². The highest BCUT2D eigenvalue weighted by Crippen LogP contribution is 2.03. The highest BCUT2D eigenvalue weighted by atomic mass is 16.5. The fraction of sp³-hybridized carbons (Fsp3) is 0.250. The zero-order chi connectivity index (χ0) is 5.98. The van der Waals surface area contributed by atoms with E-state index in [-0.39, 0.29) is 0 Å². The lowest BCUT2D eigenvalue weighted by molar-refractivity contribution is 0.400. The van der Waals surface area contributed by atoms with Crippen molar-refractivity contribution in [3.63, 3.8) is 0 Å². The van der Waals surface area contributed by atoms with Gasteiger partial charge < -0.3 is 9.95 Å². The Morgan fingerprint density at radius 3 is 2.88 bits per heavy atom. The van der Waals surface area contributed by atoms with Gasteiger partial charge in [0, 0.05) is 6.07 Å². The molecule has 0 bridgehead atoms. The number of rotatable bonds is 1. The molecule has 0 radical (unpaired) electrons. The lowest BCUT2D eigenvalue weighted by Crippen LogP contribution is -2.06. The Morgan fingerprint density at radius 1 is 1.88 bits per heavy atom. The van der Waals surface area contributed by atoms with E-state index >= 15 is 0 Å². The fourth-order valence-corrected chi connectivity index (χ4v) is 0.434. The average Bonchev–Trinajstić information content (AvgIpc) is 2.14. The Hall–Kier alpha value is -1.03. The molecule has 0 aliphatic heterocycles. The standard InChI is InChI=1S/C4H7N3O/c1-3-2-4(6-5)7-8-3/h2H,5H2,1H3,(H,6,7). The van der Waals surface area contributed by atoms with E-state index < -0.39 is 0 Å². The van der Waals surface area contributed by atoms with E-state index in [1.165, 1.54) is 0 Å². The highest BCUT2D eigenvalue weighted by molar-refractivity contribution is 5.30. The number of hydrogen-bond acceptors (Lipinski definition) is 4. The molecule has 0 saturated carbocycles. The molecule has 0 atom stereocenters. The molecule has 0 spiro atoms. The van der Waals surface area contributed by atoms with Crippen molar-refractivity contribution in [2.45, 2.75) is 6.92 Å². The first-order valence-corrected chi connectivity index (χ1v) is 2.23. The molecule has 8 heavy (non-hydrogen) atoms. The lowest BCUT2D eigenvalue weighted by atomic mass is 10.5. The van der Waals surface area contributed by atoms with Crippen molar-refractivity contribution < 1.29 is 4.52 Å². The summed E-state index contributed by atoms with van der Waals surface area (Å²) in [5, 5.41) is 3.52. The third kappa shape index (κ3) is 0.788. The first-order chi connectivity index (χ1) is 3.83. The van der Waals surface area contributed by atoms with Crippen LogP contribution in [0, 0.1) is 6.92 Å². The maximum Gasteiger partial charge on any atom is 0.183 e. The van der Waals surface area contributed by atoms with Crippen LogP contribution in [0.4, 0.5) is 5.82 Å². The minimum Gasteiger partial charge on any atom is -0.360 e. The van der Waals surface area contributed by atoms with E-state index in [0.29, 0.717) is 5.82 Å². The van der Waals surface area contributed by atoms with Crippen molar-refractivity contribution in [1.82, 2.24) is 5.16 Å². The molecule has 44 valence electrons. The van der Waals surface area contributed by atoms with Crippen LogP contribution in [0.1, 0.15) is 5.76 Å². The summed E-state index contributed by atoms with van der Waals surface area (Å²) >= 11 is 0. The summed E-state index contributed by atoms with van der Waals surface area (Å²) in [5.74, 6) is 6.30. The number of hydrogen-bond donors (Lipinski definition) is 2. The molecule has 0 unspecified atom stereocenters. The first-order valence-electron chi connectivity index (χ1n) is 2.23. The van der Waals surface area contributed by atoms with Gasteiger partial charge >= 0.3 is 0 Å². The molecule has 0 fully saturated rings. The van der Waals surface area contributed by atoms with Crippen LogP contribution in [0.15, 0.2) is 10.6 Å². The number of nitrogens with zero attached hydrogens (tertiary/aromatic N) is 1. The molecule has 0 aromatic carbocycles. The maximum absolute atomic E-state index is 4.99. The number of nitrogens with two attached hydrogens (primary N) is 1. The number of nitrogen functional groups attached to an aromatic ring is 1. The molecule has 1 aromatic heterocycles. The maximum atomic E-state index is 4.99. The second kappa shape index (κ2) is 1.83. The minimum absolute atomic E-state index is 0.558. The van der Waals surface area contributed by atoms with E-state index in [4.69, 9.17) is 5.84 Å². The molecule has 1 heterocycles. The largest absolute Gasteiger partial charge is 0.360 e. The summed E-state index contributed by atoms with van der Waals surface area (Å²) in [6.45, 7) is 1.80. The van der Waals surface area contributed by atoms with Crippen molar-refractivity contribution in [2.75, 3.05) is 5.43 Å². The predicted octanol–water partition coefficient (Wildman–Crippen LogP) is 0.269. The SMILES string of the molecule is Cc1cc(NN)no1. The van der Waals surface area contributed by atoms with Crippen LogP contribution >= 0.6 is 0 Å². The lowest BCUT2D eigenvalue weighted by Gasteiger charge is -1.83. The Balaban J connectivity index is 2.84. The van der Waals surface area contributed by atoms with Crippen molar-refractivity contribution in [1.29, 1.82) is 0 Å². The second-order valence-corrected chi connectivity index (χ2v) is 1.47. The Morgan fingerprint density at radius 2 is 2.62 bits per heavy atom. The number of aryl methyl sites for hydroxylation is 1. The first kappa shape index (κ1) is 5.11. The molecular formula is C4H7N3O. The smallest absolute Gasteiger partial charge is 0.183 e. The topological polar surface area (TPSA) is 64.1 Å². The van der Waals surface area contributed by atoms with Gasteiger partial charge in [0.1, 0.15) is 5.76 Å². The van der Waals surface area contributed by atoms with Crippen molar-refractivity contribution >= 4 is 5.82 Å². The molecule has 0 saturated heterocycles. The molecule has 4 heteroatoms. The van der Waals surface area contributed by atoms with Gasteiger partial charge in [0.2, 0.25) is 0 Å². The third-order valence-corrected chi connectivity index (χ3v) is 0.776. The van der Waals surface area contributed by atoms with E-state index in [0.717, 1.165) is 5.76 Å². The molecule has 4 nitrogen and oxygen atoms in total. The quantitative estimate of drug-likeness (QED) is 0.405. The van der Waals surface area contributed by atoms with Gasteiger partial charge in [0.05, 0.1) is 0 Å². The van der Waals surface area contributed by atoms with Crippen LogP contribution in [0.5, 0.6) is 0 Å². The zero-order valence-electron chi connectivity index (χ0n) is 4.51. The normalized spacial score (nSPS) is 9.25. The van der Waals surface area contributed by atoms with Crippen molar-refractivity contribution in [3.8, 4) is 0 Å². The average molecular weight is 113 g/mol. The van der Waals surface area contributed by atoms with Gasteiger partial charge in [-0.05, 0) is 6.92 Å². The van der Waals surface area contributed by atoms with Crippen LogP contribution in [0.3, 0.4) is 0 Å². The molecule has 0 aliphatic carbocycles. The van der Waals surface area contributed by atoms with Crippen LogP contribution in [-0.2, 0) is 0 Å². The molecule has 1 rings (SSSR count). The molecule has 3 N–H and O–H groups in total. The second-order valence-electron chi connectivity index (χ2n) is 1.47. The van der Waals surface area contributed by atoms with Crippen molar-refractivity contribution in [2.24, 2.45) is 5.84 Å².